The number of ether oxygens (including phenoxy) is 2. The van der Waals surface area contributed by atoms with Crippen molar-refractivity contribution in [1.29, 1.82) is 0 Å². The molecule has 27 heavy (non-hydrogen) atoms. The highest BCUT2D eigenvalue weighted by atomic mass is 16.6. The minimum absolute atomic E-state index is 0.00366. The smallest absolute Gasteiger partial charge is 0.407 e. The Bertz CT molecular complexity index is 675. The molecule has 0 saturated carbocycles. The van der Waals surface area contributed by atoms with Crippen LogP contribution in [0.25, 0.3) is 0 Å². The van der Waals surface area contributed by atoms with E-state index in [-0.39, 0.29) is 23.5 Å². The van der Waals surface area contributed by atoms with E-state index in [1.807, 2.05) is 12.3 Å². The van der Waals surface area contributed by atoms with Crippen LogP contribution in [0.2, 0.25) is 0 Å². The molecule has 5 atom stereocenters. The molecule has 1 aliphatic carbocycles. The van der Waals surface area contributed by atoms with Crippen molar-refractivity contribution in [3.8, 4) is 0 Å². The molecule has 1 saturated heterocycles. The van der Waals surface area contributed by atoms with Crippen LogP contribution in [-0.4, -0.2) is 30.8 Å². The average molecular weight is 373 g/mol. The Hall–Kier alpha value is -1.88. The minimum Gasteiger partial charge on any atom is -0.449 e. The molecule has 1 aromatic heterocycles. The molecule has 2 bridgehead atoms. The van der Waals surface area contributed by atoms with Gasteiger partial charge in [-0.3, -0.25) is 4.98 Å². The van der Waals surface area contributed by atoms with Crippen LogP contribution < -0.4 is 5.32 Å². The fourth-order valence-electron chi connectivity index (χ4n) is 4.72. The predicted octanol–water partition coefficient (Wildman–Crippen LogP) is 4.51. The Balaban J connectivity index is 1.76. The third kappa shape index (κ3) is 3.88. The molecule has 1 amide bonds. The first-order valence-electron chi connectivity index (χ1n) is 10.1. The highest BCUT2D eigenvalue weighted by Crippen LogP contribution is 2.56. The quantitative estimate of drug-likeness (QED) is 0.589. The van der Waals surface area contributed by atoms with E-state index in [4.69, 9.17) is 9.47 Å². The highest BCUT2D eigenvalue weighted by Gasteiger charge is 2.54. The molecule has 0 aromatic carbocycles. The van der Waals surface area contributed by atoms with Gasteiger partial charge in [-0.1, -0.05) is 44.9 Å². The van der Waals surface area contributed by atoms with Gasteiger partial charge in [-0.25, -0.2) is 4.79 Å². The molecule has 2 heterocycles. The van der Waals surface area contributed by atoms with E-state index < -0.39 is 0 Å². The van der Waals surface area contributed by atoms with E-state index in [0.717, 1.165) is 18.4 Å². The van der Waals surface area contributed by atoms with Gasteiger partial charge in [0, 0.05) is 30.3 Å². The molecule has 3 rings (SSSR count). The van der Waals surface area contributed by atoms with Gasteiger partial charge < -0.3 is 14.8 Å². The molecule has 1 aromatic rings. The molecule has 0 unspecified atom stereocenters. The van der Waals surface area contributed by atoms with Crippen molar-refractivity contribution >= 4 is 6.09 Å². The maximum atomic E-state index is 12.1. The summed E-state index contributed by atoms with van der Waals surface area (Å²) in [6, 6.07) is 4.04. The number of carbonyl (C=O) groups is 1. The summed E-state index contributed by atoms with van der Waals surface area (Å²) in [5, 5.41) is 2.84. The molecule has 1 N–H and O–H groups in total. The van der Waals surface area contributed by atoms with Crippen LogP contribution in [0.4, 0.5) is 4.79 Å². The van der Waals surface area contributed by atoms with Gasteiger partial charge in [0.2, 0.25) is 0 Å². The lowest BCUT2D eigenvalue weighted by Gasteiger charge is -2.55. The van der Waals surface area contributed by atoms with Crippen molar-refractivity contribution in [1.82, 2.24) is 10.3 Å². The van der Waals surface area contributed by atoms with Crippen molar-refractivity contribution in [2.24, 2.45) is 23.2 Å². The highest BCUT2D eigenvalue weighted by molar-refractivity contribution is 5.67. The molecule has 2 aliphatic rings. The topological polar surface area (TPSA) is 60.5 Å². The lowest BCUT2D eigenvalue weighted by atomic mass is 9.56. The number of alkyl carbamates (subject to hydrolysis) is 1. The molecule has 0 radical (unpaired) electrons. The van der Waals surface area contributed by atoms with Gasteiger partial charge in [-0.2, -0.15) is 0 Å². The zero-order valence-electron chi connectivity index (χ0n) is 16.9. The third-order valence-corrected chi connectivity index (χ3v) is 6.53. The second-order valence-corrected chi connectivity index (χ2v) is 8.12. The lowest BCUT2D eigenvalue weighted by molar-refractivity contribution is -0.165. The second-order valence-electron chi connectivity index (χ2n) is 8.12. The van der Waals surface area contributed by atoms with E-state index in [9.17, 15) is 4.79 Å². The summed E-state index contributed by atoms with van der Waals surface area (Å²) < 4.78 is 12.0. The number of carbonyl (C=O) groups excluding carboxylic acids is 1. The summed E-state index contributed by atoms with van der Waals surface area (Å²) in [4.78, 5) is 16.3. The monoisotopic (exact) mass is 372 g/mol. The Labute approximate surface area is 162 Å². The first-order valence-corrected chi connectivity index (χ1v) is 10.1. The number of unbranched alkanes of at least 4 members (excludes halogenated alkanes) is 1. The standard InChI is InChI=1S/C22H32N2O3/c1-5-6-10-24-21(25)27-14-22-13-26-20(18-8-7-9-23-12-18)19(17(22)4)15(2)11-16(22)3/h7-9,11-12,16-17,19-20H,5-6,10,13-14H2,1-4H3,(H,24,25)/t16-,17+,19+,20-,22+/m0/s1. The molecular formula is C22H32N2O3. The molecule has 1 aliphatic heterocycles. The zero-order chi connectivity index (χ0) is 19.4. The van der Waals surface area contributed by atoms with Gasteiger partial charge in [0.05, 0.1) is 12.7 Å². The van der Waals surface area contributed by atoms with Crippen molar-refractivity contribution < 1.29 is 14.3 Å². The average Bonchev–Trinajstić information content (AvgIpc) is 2.66. The van der Waals surface area contributed by atoms with E-state index in [1.54, 1.807) is 6.20 Å². The first kappa shape index (κ1) is 19.9. The molecule has 5 heteroatoms. The molecule has 5 nitrogen and oxygen atoms in total. The summed E-state index contributed by atoms with van der Waals surface area (Å²) in [5.74, 6) is 0.910. The second kappa shape index (κ2) is 8.42. The fraction of sp³-hybridized carbons (Fsp3) is 0.636. The number of pyridine rings is 1. The van der Waals surface area contributed by atoms with Gasteiger partial charge in [0.25, 0.3) is 0 Å². The number of rotatable bonds is 6. The number of aromatic nitrogens is 1. The van der Waals surface area contributed by atoms with Crippen LogP contribution in [0, 0.1) is 23.2 Å². The number of fused-ring (bicyclic) bond motifs is 2. The molecule has 1 fully saturated rings. The zero-order valence-corrected chi connectivity index (χ0v) is 16.9. The lowest BCUT2D eigenvalue weighted by Crippen LogP contribution is -2.54. The van der Waals surface area contributed by atoms with Crippen LogP contribution in [0.3, 0.4) is 0 Å². The largest absolute Gasteiger partial charge is 0.449 e. The van der Waals surface area contributed by atoms with Gasteiger partial charge in [0.15, 0.2) is 0 Å². The summed E-state index contributed by atoms with van der Waals surface area (Å²) in [7, 11) is 0. The Morgan fingerprint density at radius 1 is 1.44 bits per heavy atom. The van der Waals surface area contributed by atoms with Crippen LogP contribution in [0.1, 0.15) is 52.2 Å². The van der Waals surface area contributed by atoms with Gasteiger partial charge in [0.1, 0.15) is 6.61 Å². The summed E-state index contributed by atoms with van der Waals surface area (Å²) in [5.41, 5.74) is 2.28. The molecular weight excluding hydrogens is 340 g/mol. The van der Waals surface area contributed by atoms with Crippen molar-refractivity contribution in [2.45, 2.75) is 46.6 Å². The normalized spacial score (nSPS) is 32.5. The summed E-state index contributed by atoms with van der Waals surface area (Å²) in [6.07, 6.45) is 7.72. The van der Waals surface area contributed by atoms with Gasteiger partial charge in [-0.05, 0) is 36.8 Å². The van der Waals surface area contributed by atoms with Crippen molar-refractivity contribution in [2.75, 3.05) is 19.8 Å². The van der Waals surface area contributed by atoms with Crippen LogP contribution in [0.15, 0.2) is 36.2 Å². The Morgan fingerprint density at radius 3 is 2.96 bits per heavy atom. The van der Waals surface area contributed by atoms with Crippen LogP contribution >= 0.6 is 0 Å². The number of hydrogen-bond acceptors (Lipinski definition) is 4. The van der Waals surface area contributed by atoms with Gasteiger partial charge >= 0.3 is 6.09 Å². The van der Waals surface area contributed by atoms with Crippen LogP contribution in [-0.2, 0) is 9.47 Å². The number of hydrogen-bond donors (Lipinski definition) is 1. The molecule has 0 spiro atoms. The minimum atomic E-state index is -0.325. The van der Waals surface area contributed by atoms with E-state index in [0.29, 0.717) is 31.6 Å². The van der Waals surface area contributed by atoms with Crippen molar-refractivity contribution in [3.05, 3.63) is 41.7 Å². The van der Waals surface area contributed by atoms with Crippen LogP contribution in [0.5, 0.6) is 0 Å². The SMILES string of the molecule is CCCCNC(=O)OC[C@]12CO[C@@H](c3cccnc3)[C@H](C(C)=C[C@@H]1C)[C@H]2C. The third-order valence-electron chi connectivity index (χ3n) is 6.53. The maximum Gasteiger partial charge on any atom is 0.407 e. The Kier molecular flexibility index (Phi) is 6.20. The number of nitrogens with zero attached hydrogens (tertiary/aromatic N) is 1. The summed E-state index contributed by atoms with van der Waals surface area (Å²) in [6.45, 7) is 10.4. The van der Waals surface area contributed by atoms with E-state index in [1.165, 1.54) is 5.57 Å². The predicted molar refractivity (Wildman–Crippen MR) is 105 cm³/mol. The summed E-state index contributed by atoms with van der Waals surface area (Å²) >= 11 is 0. The van der Waals surface area contributed by atoms with Crippen molar-refractivity contribution in [3.63, 3.8) is 0 Å². The van der Waals surface area contributed by atoms with E-state index in [2.05, 4.69) is 50.1 Å². The number of allylic oxidation sites excluding steroid dienone is 1. The van der Waals surface area contributed by atoms with E-state index >= 15 is 0 Å². The molecule has 148 valence electrons. The number of nitrogens with one attached hydrogen (secondary N) is 1. The fourth-order valence-corrected chi connectivity index (χ4v) is 4.72. The maximum absolute atomic E-state index is 12.1. The first-order chi connectivity index (χ1) is 13.0. The number of amides is 1. The Morgan fingerprint density at radius 2 is 2.26 bits per heavy atom. The van der Waals surface area contributed by atoms with Gasteiger partial charge in [-0.15, -0.1) is 0 Å².